The molecule has 3 nitrogen and oxygen atoms in total. The molecule has 3 aromatic rings. The molecule has 3 rings (SSSR count). The van der Waals surface area contributed by atoms with Gasteiger partial charge in [0.05, 0.1) is 28.5 Å². The normalized spacial score (nSPS) is 12.5. The van der Waals surface area contributed by atoms with Gasteiger partial charge in [0.1, 0.15) is 11.0 Å². The second-order valence-corrected chi connectivity index (χ2v) is 6.01. The van der Waals surface area contributed by atoms with Crippen molar-refractivity contribution < 1.29 is 0 Å². The van der Waals surface area contributed by atoms with Crippen molar-refractivity contribution in [3.63, 3.8) is 0 Å². The van der Waals surface area contributed by atoms with E-state index in [9.17, 15) is 0 Å². The molecule has 0 amide bonds. The number of hydrogen-bond acceptors (Lipinski definition) is 4. The fraction of sp³-hybridized carbons (Fsp3) is 0.250. The summed E-state index contributed by atoms with van der Waals surface area (Å²) in [6.07, 6.45) is 0.966. The zero-order valence-electron chi connectivity index (χ0n) is 11.9. The lowest BCUT2D eigenvalue weighted by atomic mass is 10.0. The Balaban J connectivity index is 1.97. The largest absolute Gasteiger partial charge is 0.375 e. The summed E-state index contributed by atoms with van der Waals surface area (Å²) >= 11 is 7.56. The number of rotatable bonds is 4. The van der Waals surface area contributed by atoms with Crippen LogP contribution in [0.4, 0.5) is 5.69 Å². The van der Waals surface area contributed by atoms with Gasteiger partial charge in [0.25, 0.3) is 0 Å². The Hall–Kier alpha value is -1.65. The van der Waals surface area contributed by atoms with Crippen LogP contribution in [-0.2, 0) is 0 Å². The Morgan fingerprint density at radius 2 is 1.90 bits per heavy atom. The summed E-state index contributed by atoms with van der Waals surface area (Å²) in [7, 11) is 0. The highest BCUT2D eigenvalue weighted by atomic mass is 35.5. The Morgan fingerprint density at radius 3 is 2.62 bits per heavy atom. The fourth-order valence-electron chi connectivity index (χ4n) is 2.36. The highest BCUT2D eigenvalue weighted by Gasteiger charge is 2.15. The number of nitrogens with one attached hydrogen (secondary N) is 1. The molecule has 1 atom stereocenters. The smallest absolute Gasteiger partial charge is 0.129 e. The predicted octanol–water partition coefficient (Wildman–Crippen LogP) is 5.22. The molecule has 1 unspecified atom stereocenters. The van der Waals surface area contributed by atoms with Crippen LogP contribution in [-0.4, -0.2) is 8.75 Å². The third-order valence-electron chi connectivity index (χ3n) is 3.58. The number of nitrogens with zero attached hydrogens (tertiary/aromatic N) is 2. The van der Waals surface area contributed by atoms with Gasteiger partial charge in [-0.2, -0.15) is 8.75 Å². The molecule has 0 saturated heterocycles. The molecule has 0 saturated carbocycles. The molecule has 0 spiro atoms. The quantitative estimate of drug-likeness (QED) is 0.717. The van der Waals surface area contributed by atoms with Crippen LogP contribution in [0.1, 0.15) is 30.5 Å². The van der Waals surface area contributed by atoms with Crippen LogP contribution in [0.2, 0.25) is 5.02 Å². The van der Waals surface area contributed by atoms with Crippen LogP contribution in [0.25, 0.3) is 11.0 Å². The van der Waals surface area contributed by atoms with E-state index >= 15 is 0 Å². The van der Waals surface area contributed by atoms with E-state index in [1.165, 1.54) is 22.9 Å². The van der Waals surface area contributed by atoms with Crippen molar-refractivity contribution in [1.82, 2.24) is 8.75 Å². The minimum atomic E-state index is 0.204. The molecule has 2 aromatic carbocycles. The number of aryl methyl sites for hydroxylation is 1. The van der Waals surface area contributed by atoms with Crippen molar-refractivity contribution in [3.05, 3.63) is 52.5 Å². The third kappa shape index (κ3) is 2.87. The summed E-state index contributed by atoms with van der Waals surface area (Å²) in [5, 5.41) is 4.22. The Labute approximate surface area is 133 Å². The summed E-state index contributed by atoms with van der Waals surface area (Å²) < 4.78 is 8.63. The molecule has 108 valence electrons. The number of anilines is 1. The van der Waals surface area contributed by atoms with Crippen molar-refractivity contribution in [2.75, 3.05) is 5.32 Å². The zero-order valence-corrected chi connectivity index (χ0v) is 13.5. The van der Waals surface area contributed by atoms with Gasteiger partial charge in [-0.25, -0.2) is 0 Å². The van der Waals surface area contributed by atoms with Crippen molar-refractivity contribution in [1.29, 1.82) is 0 Å². The number of halogens is 1. The van der Waals surface area contributed by atoms with Crippen LogP contribution in [0.5, 0.6) is 0 Å². The van der Waals surface area contributed by atoms with Crippen LogP contribution in [0.3, 0.4) is 0 Å². The maximum Gasteiger partial charge on any atom is 0.129 e. The molecule has 0 aliphatic heterocycles. The van der Waals surface area contributed by atoms with Crippen LogP contribution in [0, 0.1) is 6.92 Å². The van der Waals surface area contributed by atoms with Gasteiger partial charge >= 0.3 is 0 Å². The van der Waals surface area contributed by atoms with Gasteiger partial charge in [-0.15, -0.1) is 0 Å². The standard InChI is InChI=1S/C16H16ClN3S/c1-3-13(11-6-4-10(2)5-7-11)18-15-12(17)8-9-14-16(15)20-21-19-14/h4-9,13,18H,3H2,1-2H3. The first-order valence-electron chi connectivity index (χ1n) is 6.93. The monoisotopic (exact) mass is 317 g/mol. The average molecular weight is 318 g/mol. The molecule has 1 heterocycles. The van der Waals surface area contributed by atoms with Crippen molar-refractivity contribution in [3.8, 4) is 0 Å². The van der Waals surface area contributed by atoms with Crippen LogP contribution in [0.15, 0.2) is 36.4 Å². The van der Waals surface area contributed by atoms with Gasteiger partial charge in [0, 0.05) is 0 Å². The molecule has 1 N–H and O–H groups in total. The first kappa shape index (κ1) is 14.3. The SMILES string of the molecule is CCC(Nc1c(Cl)ccc2nsnc12)c1ccc(C)cc1. The van der Waals surface area contributed by atoms with E-state index in [2.05, 4.69) is 52.2 Å². The molecule has 0 radical (unpaired) electrons. The lowest BCUT2D eigenvalue weighted by Gasteiger charge is -2.20. The number of benzene rings is 2. The Bertz CT molecular complexity index is 752. The second-order valence-electron chi connectivity index (χ2n) is 5.07. The number of hydrogen-bond donors (Lipinski definition) is 1. The van der Waals surface area contributed by atoms with E-state index in [4.69, 9.17) is 11.6 Å². The average Bonchev–Trinajstić information content (AvgIpc) is 2.96. The zero-order chi connectivity index (χ0) is 14.8. The summed E-state index contributed by atoms with van der Waals surface area (Å²) in [6.45, 7) is 4.25. The molecule has 0 bridgehead atoms. The molecular weight excluding hydrogens is 302 g/mol. The number of aromatic nitrogens is 2. The molecule has 0 aliphatic carbocycles. The highest BCUT2D eigenvalue weighted by Crippen LogP contribution is 2.33. The van der Waals surface area contributed by atoms with E-state index in [0.717, 1.165) is 23.1 Å². The van der Waals surface area contributed by atoms with E-state index < -0.39 is 0 Å². The van der Waals surface area contributed by atoms with E-state index in [1.807, 2.05) is 12.1 Å². The summed E-state index contributed by atoms with van der Waals surface area (Å²) in [4.78, 5) is 0. The Kier molecular flexibility index (Phi) is 4.08. The lowest BCUT2D eigenvalue weighted by Crippen LogP contribution is -2.10. The molecule has 0 aliphatic rings. The van der Waals surface area contributed by atoms with Gasteiger partial charge in [-0.3, -0.25) is 0 Å². The van der Waals surface area contributed by atoms with Crippen LogP contribution >= 0.6 is 23.3 Å². The van der Waals surface area contributed by atoms with E-state index in [0.29, 0.717) is 5.02 Å². The summed E-state index contributed by atoms with van der Waals surface area (Å²) in [5.74, 6) is 0. The molecular formula is C16H16ClN3S. The maximum atomic E-state index is 6.35. The third-order valence-corrected chi connectivity index (χ3v) is 4.44. The maximum absolute atomic E-state index is 6.35. The van der Waals surface area contributed by atoms with Crippen molar-refractivity contribution in [2.45, 2.75) is 26.3 Å². The lowest BCUT2D eigenvalue weighted by molar-refractivity contribution is 0.750. The molecule has 1 aromatic heterocycles. The molecule has 5 heteroatoms. The summed E-state index contributed by atoms with van der Waals surface area (Å²) in [6, 6.07) is 12.6. The van der Waals surface area contributed by atoms with Gasteiger partial charge in [-0.1, -0.05) is 48.4 Å². The van der Waals surface area contributed by atoms with Gasteiger partial charge in [0.2, 0.25) is 0 Å². The Morgan fingerprint density at radius 1 is 1.14 bits per heavy atom. The van der Waals surface area contributed by atoms with Crippen molar-refractivity contribution >= 4 is 40.0 Å². The molecule has 0 fully saturated rings. The van der Waals surface area contributed by atoms with E-state index in [-0.39, 0.29) is 6.04 Å². The van der Waals surface area contributed by atoms with Gasteiger partial charge in [-0.05, 0) is 31.0 Å². The number of fused-ring (bicyclic) bond motifs is 1. The van der Waals surface area contributed by atoms with E-state index in [1.54, 1.807) is 0 Å². The minimum absolute atomic E-state index is 0.204. The first-order valence-corrected chi connectivity index (χ1v) is 8.03. The summed E-state index contributed by atoms with van der Waals surface area (Å²) in [5.41, 5.74) is 5.11. The van der Waals surface area contributed by atoms with Crippen molar-refractivity contribution in [2.24, 2.45) is 0 Å². The van der Waals surface area contributed by atoms with Crippen LogP contribution < -0.4 is 5.32 Å². The highest BCUT2D eigenvalue weighted by molar-refractivity contribution is 7.00. The van der Waals surface area contributed by atoms with Gasteiger partial charge in [0.15, 0.2) is 0 Å². The topological polar surface area (TPSA) is 37.8 Å². The first-order chi connectivity index (χ1) is 10.2. The second kappa shape index (κ2) is 6.00. The fourth-order valence-corrected chi connectivity index (χ4v) is 3.11. The molecule has 21 heavy (non-hydrogen) atoms. The minimum Gasteiger partial charge on any atom is -0.375 e. The van der Waals surface area contributed by atoms with Gasteiger partial charge < -0.3 is 5.32 Å². The predicted molar refractivity (Wildman–Crippen MR) is 90.3 cm³/mol.